The summed E-state index contributed by atoms with van der Waals surface area (Å²) < 4.78 is 0. The van der Waals surface area contributed by atoms with Crippen LogP contribution in [-0.4, -0.2) is 19.0 Å². The van der Waals surface area contributed by atoms with Crippen LogP contribution in [0.2, 0.25) is 5.02 Å². The molecule has 0 radical (unpaired) electrons. The average molecular weight is 283 g/mol. The predicted octanol–water partition coefficient (Wildman–Crippen LogP) is 3.15. The van der Waals surface area contributed by atoms with Crippen molar-refractivity contribution in [3.8, 4) is 0 Å². The first kappa shape index (κ1) is 16.0. The van der Waals surface area contributed by atoms with Gasteiger partial charge in [0.05, 0.1) is 6.54 Å². The summed E-state index contributed by atoms with van der Waals surface area (Å²) >= 11 is 5.84. The van der Waals surface area contributed by atoms with E-state index < -0.39 is 0 Å². The summed E-state index contributed by atoms with van der Waals surface area (Å²) in [5.41, 5.74) is 1.12. The van der Waals surface area contributed by atoms with E-state index in [1.54, 1.807) is 0 Å². The molecule has 0 saturated carbocycles. The molecule has 1 rings (SSSR count). The Balaban J connectivity index is 2.27. The Bertz CT molecular complexity index is 390. The molecule has 0 saturated heterocycles. The normalized spacial score (nSPS) is 12.5. The highest BCUT2D eigenvalue weighted by atomic mass is 35.5. The van der Waals surface area contributed by atoms with Gasteiger partial charge in [0.2, 0.25) is 5.91 Å². The molecule has 106 valence electrons. The molecule has 0 aliphatic carbocycles. The van der Waals surface area contributed by atoms with Crippen LogP contribution in [-0.2, 0) is 4.79 Å². The molecule has 1 amide bonds. The predicted molar refractivity (Wildman–Crippen MR) is 80.3 cm³/mol. The summed E-state index contributed by atoms with van der Waals surface area (Å²) in [6, 6.07) is 7.79. The largest absolute Gasteiger partial charge is 0.355 e. The van der Waals surface area contributed by atoms with Crippen molar-refractivity contribution >= 4 is 17.5 Å². The van der Waals surface area contributed by atoms with Crippen LogP contribution < -0.4 is 10.6 Å². The molecule has 3 nitrogen and oxygen atoms in total. The minimum atomic E-state index is 0.0430. The molecule has 0 aliphatic rings. The fraction of sp³-hybridized carbons (Fsp3) is 0.533. The maximum absolute atomic E-state index is 11.6. The second-order valence-corrected chi connectivity index (χ2v) is 5.62. The van der Waals surface area contributed by atoms with Crippen molar-refractivity contribution in [3.63, 3.8) is 0 Å². The maximum atomic E-state index is 11.6. The highest BCUT2D eigenvalue weighted by Gasteiger charge is 2.07. The zero-order valence-electron chi connectivity index (χ0n) is 11.9. The van der Waals surface area contributed by atoms with E-state index in [-0.39, 0.29) is 11.9 Å². The Morgan fingerprint density at radius 2 is 1.84 bits per heavy atom. The lowest BCUT2D eigenvalue weighted by molar-refractivity contribution is -0.120. The van der Waals surface area contributed by atoms with E-state index >= 15 is 0 Å². The molecule has 0 bridgehead atoms. The summed E-state index contributed by atoms with van der Waals surface area (Å²) in [6.45, 7) is 7.40. The van der Waals surface area contributed by atoms with Gasteiger partial charge in [0.15, 0.2) is 0 Å². The highest BCUT2D eigenvalue weighted by molar-refractivity contribution is 6.30. The van der Waals surface area contributed by atoms with Crippen molar-refractivity contribution in [1.82, 2.24) is 10.6 Å². The Labute approximate surface area is 120 Å². The minimum Gasteiger partial charge on any atom is -0.355 e. The number of amides is 1. The quantitative estimate of drug-likeness (QED) is 0.807. The van der Waals surface area contributed by atoms with Gasteiger partial charge < -0.3 is 10.6 Å². The van der Waals surface area contributed by atoms with E-state index in [9.17, 15) is 4.79 Å². The molecule has 19 heavy (non-hydrogen) atoms. The first-order chi connectivity index (χ1) is 8.99. The van der Waals surface area contributed by atoms with Gasteiger partial charge in [-0.3, -0.25) is 4.79 Å². The van der Waals surface area contributed by atoms with Crippen LogP contribution in [0.1, 0.15) is 38.8 Å². The van der Waals surface area contributed by atoms with Crippen molar-refractivity contribution in [2.45, 2.75) is 33.2 Å². The van der Waals surface area contributed by atoms with Crippen molar-refractivity contribution < 1.29 is 4.79 Å². The molecule has 2 N–H and O–H groups in total. The number of halogens is 1. The number of carbonyl (C=O) groups is 1. The number of hydrogen-bond acceptors (Lipinski definition) is 2. The standard InChI is InChI=1S/C15H23ClN2O/c1-11(2)8-9-17-15(19)10-18-12(3)13-4-6-14(16)7-5-13/h4-7,11-12,18H,8-10H2,1-3H3,(H,17,19)/t12-/m0/s1. The van der Waals surface area contributed by atoms with E-state index in [0.29, 0.717) is 12.5 Å². The third-order valence-corrected chi connectivity index (χ3v) is 3.23. The molecule has 0 unspecified atom stereocenters. The fourth-order valence-corrected chi connectivity index (χ4v) is 1.80. The lowest BCUT2D eigenvalue weighted by Crippen LogP contribution is -2.35. The van der Waals surface area contributed by atoms with Crippen LogP contribution >= 0.6 is 11.6 Å². The van der Waals surface area contributed by atoms with E-state index in [1.807, 2.05) is 31.2 Å². The number of nitrogens with one attached hydrogen (secondary N) is 2. The minimum absolute atomic E-state index is 0.0430. The van der Waals surface area contributed by atoms with Gasteiger partial charge in [-0.15, -0.1) is 0 Å². The highest BCUT2D eigenvalue weighted by Crippen LogP contribution is 2.15. The zero-order valence-corrected chi connectivity index (χ0v) is 12.6. The van der Waals surface area contributed by atoms with Crippen molar-refractivity contribution in [2.24, 2.45) is 5.92 Å². The fourth-order valence-electron chi connectivity index (χ4n) is 1.68. The summed E-state index contributed by atoms with van der Waals surface area (Å²) in [5, 5.41) is 6.83. The van der Waals surface area contributed by atoms with E-state index in [1.165, 1.54) is 0 Å². The van der Waals surface area contributed by atoms with E-state index in [4.69, 9.17) is 11.6 Å². The first-order valence-corrected chi connectivity index (χ1v) is 7.12. The van der Waals surface area contributed by atoms with E-state index in [2.05, 4.69) is 24.5 Å². The lowest BCUT2D eigenvalue weighted by Gasteiger charge is -2.14. The Morgan fingerprint density at radius 1 is 1.21 bits per heavy atom. The molecular formula is C15H23ClN2O. The molecule has 1 atom stereocenters. The third-order valence-electron chi connectivity index (χ3n) is 2.98. The van der Waals surface area contributed by atoms with Gasteiger partial charge in [-0.25, -0.2) is 0 Å². The van der Waals surface area contributed by atoms with Gasteiger partial charge in [-0.2, -0.15) is 0 Å². The van der Waals surface area contributed by atoms with Crippen LogP contribution in [0.4, 0.5) is 0 Å². The summed E-state index contributed by atoms with van der Waals surface area (Å²) in [6.07, 6.45) is 1.01. The SMILES string of the molecule is CC(C)CCNC(=O)CN[C@@H](C)c1ccc(Cl)cc1. The molecule has 4 heteroatoms. The average Bonchev–Trinajstić information content (AvgIpc) is 2.36. The molecule has 0 aliphatic heterocycles. The third kappa shape index (κ3) is 6.60. The maximum Gasteiger partial charge on any atom is 0.233 e. The van der Waals surface area contributed by atoms with Crippen molar-refractivity contribution in [2.75, 3.05) is 13.1 Å². The van der Waals surface area contributed by atoms with Gasteiger partial charge in [0, 0.05) is 17.6 Å². The van der Waals surface area contributed by atoms with Crippen LogP contribution in [0.3, 0.4) is 0 Å². The van der Waals surface area contributed by atoms with Gasteiger partial charge in [0.1, 0.15) is 0 Å². The number of rotatable bonds is 7. The molecule has 1 aromatic carbocycles. The molecule has 0 heterocycles. The Morgan fingerprint density at radius 3 is 2.42 bits per heavy atom. The van der Waals surface area contributed by atoms with Crippen LogP contribution in [0.25, 0.3) is 0 Å². The number of benzene rings is 1. The Kier molecular flexibility index (Phi) is 6.89. The van der Waals surface area contributed by atoms with Gasteiger partial charge in [-0.1, -0.05) is 37.6 Å². The van der Waals surface area contributed by atoms with Crippen molar-refractivity contribution in [3.05, 3.63) is 34.9 Å². The van der Waals surface area contributed by atoms with Crippen LogP contribution in [0.15, 0.2) is 24.3 Å². The Hall–Kier alpha value is -1.06. The topological polar surface area (TPSA) is 41.1 Å². The van der Waals surface area contributed by atoms with Crippen molar-refractivity contribution in [1.29, 1.82) is 0 Å². The zero-order chi connectivity index (χ0) is 14.3. The molecule has 0 aromatic heterocycles. The molecular weight excluding hydrogens is 260 g/mol. The first-order valence-electron chi connectivity index (χ1n) is 6.74. The monoisotopic (exact) mass is 282 g/mol. The summed E-state index contributed by atoms with van der Waals surface area (Å²) in [4.78, 5) is 11.6. The summed E-state index contributed by atoms with van der Waals surface area (Å²) in [5.74, 6) is 0.655. The van der Waals surface area contributed by atoms with Gasteiger partial charge in [-0.05, 0) is 37.0 Å². The number of carbonyl (C=O) groups excluding carboxylic acids is 1. The molecule has 0 spiro atoms. The number of hydrogen-bond donors (Lipinski definition) is 2. The van der Waals surface area contributed by atoms with Crippen LogP contribution in [0, 0.1) is 5.92 Å². The lowest BCUT2D eigenvalue weighted by atomic mass is 10.1. The van der Waals surface area contributed by atoms with E-state index in [0.717, 1.165) is 23.6 Å². The van der Waals surface area contributed by atoms with Gasteiger partial charge >= 0.3 is 0 Å². The van der Waals surface area contributed by atoms with Gasteiger partial charge in [0.25, 0.3) is 0 Å². The molecule has 0 fully saturated rings. The second-order valence-electron chi connectivity index (χ2n) is 5.19. The summed E-state index contributed by atoms with van der Waals surface area (Å²) in [7, 11) is 0. The smallest absolute Gasteiger partial charge is 0.233 e. The molecule has 1 aromatic rings. The second kappa shape index (κ2) is 8.18. The van der Waals surface area contributed by atoms with Crippen LogP contribution in [0.5, 0.6) is 0 Å².